The Morgan fingerprint density at radius 2 is 1.33 bits per heavy atom. The minimum atomic E-state index is -0.342. The molecule has 0 spiro atoms. The van der Waals surface area contributed by atoms with Gasteiger partial charge in [-0.15, -0.1) is 0 Å². The Labute approximate surface area is 302 Å². The highest BCUT2D eigenvalue weighted by Crippen LogP contribution is 2.29. The fraction of sp³-hybridized carbons (Fsp3) is 0.200. The van der Waals surface area contributed by atoms with Gasteiger partial charge in [0, 0.05) is 17.7 Å². The highest BCUT2D eigenvalue weighted by atomic mass is 16.4. The Kier molecular flexibility index (Phi) is 10.2. The first-order valence-electron chi connectivity index (χ1n) is 17.9. The van der Waals surface area contributed by atoms with Crippen LogP contribution in [-0.2, 0) is 0 Å². The molecule has 2 N–H and O–H groups in total. The van der Waals surface area contributed by atoms with Crippen LogP contribution in [0, 0.1) is 19.8 Å². The van der Waals surface area contributed by atoms with Crippen molar-refractivity contribution in [3.05, 3.63) is 154 Å². The van der Waals surface area contributed by atoms with Crippen LogP contribution in [-0.4, -0.2) is 23.3 Å². The average molecular weight is 688 g/mol. The van der Waals surface area contributed by atoms with E-state index < -0.39 is 0 Å². The lowest BCUT2D eigenvalue weighted by atomic mass is 9.89. The highest BCUT2D eigenvalue weighted by molar-refractivity contribution is 6.15. The quantitative estimate of drug-likeness (QED) is 0.181. The topological polar surface area (TPSA) is 101 Å². The summed E-state index contributed by atoms with van der Waals surface area (Å²) in [6.07, 6.45) is 6.15. The van der Waals surface area contributed by atoms with Crippen molar-refractivity contribution in [2.75, 3.05) is 11.9 Å². The molecule has 6 aromatic carbocycles. The number of rotatable bonds is 6. The summed E-state index contributed by atoms with van der Waals surface area (Å²) in [5, 5.41) is 10.7. The van der Waals surface area contributed by atoms with Crippen LogP contribution in [0.5, 0.6) is 0 Å². The van der Waals surface area contributed by atoms with Crippen LogP contribution in [0.2, 0.25) is 0 Å². The van der Waals surface area contributed by atoms with Crippen molar-refractivity contribution in [3.63, 3.8) is 0 Å². The molecule has 0 radical (unpaired) electrons. The molecular formula is C45H41N3O4. The van der Waals surface area contributed by atoms with E-state index in [2.05, 4.69) is 15.6 Å². The van der Waals surface area contributed by atoms with Crippen LogP contribution in [0.3, 0.4) is 0 Å². The number of hydrogen-bond acceptors (Lipinski definition) is 5. The van der Waals surface area contributed by atoms with Gasteiger partial charge in [0.05, 0.1) is 22.2 Å². The molecule has 8 rings (SSSR count). The van der Waals surface area contributed by atoms with Gasteiger partial charge >= 0.3 is 5.63 Å². The summed E-state index contributed by atoms with van der Waals surface area (Å²) in [4.78, 5) is 42.9. The summed E-state index contributed by atoms with van der Waals surface area (Å²) in [6, 6.07) is 38.6. The third-order valence-electron chi connectivity index (χ3n) is 9.94. The molecule has 0 unspecified atom stereocenters. The summed E-state index contributed by atoms with van der Waals surface area (Å²) < 4.78 is 5.50. The Hall–Kier alpha value is -6.08. The van der Waals surface area contributed by atoms with Gasteiger partial charge in [-0.1, -0.05) is 116 Å². The van der Waals surface area contributed by atoms with Gasteiger partial charge in [0.1, 0.15) is 0 Å². The van der Waals surface area contributed by atoms with Gasteiger partial charge in [0.25, 0.3) is 11.8 Å². The van der Waals surface area contributed by atoms with Crippen LogP contribution >= 0.6 is 0 Å². The standard InChI is InChI=1S/C26H28N2O2.C19H13NO2/c1-18-9-7-16-23(24(18)26(30)27-17-19-10-3-2-4-11-19)28-25(29)22-15-8-13-20-12-5-6-14-21(20)22;1-12-6-4-11-16-17(12)19(21)22-18(20-16)15-10-5-8-13-7-2-3-9-14(13)15/h5-9,12-16,19H,2-4,10-11,17H2,1H3,(H,27,30)(H,28,29);2-11H,1H3. The normalized spacial score (nSPS) is 13.0. The lowest BCUT2D eigenvalue weighted by molar-refractivity contribution is 0.0944. The molecule has 7 nitrogen and oxygen atoms in total. The Bertz CT molecular complexity index is 2470. The second kappa shape index (κ2) is 15.4. The third kappa shape index (κ3) is 7.35. The molecule has 2 amide bonds. The van der Waals surface area contributed by atoms with Crippen LogP contribution in [0.1, 0.15) is 63.9 Å². The van der Waals surface area contributed by atoms with Gasteiger partial charge in [0.2, 0.25) is 5.89 Å². The molecule has 1 fully saturated rings. The van der Waals surface area contributed by atoms with Crippen molar-refractivity contribution in [1.29, 1.82) is 0 Å². The Morgan fingerprint density at radius 3 is 2.12 bits per heavy atom. The number of anilines is 1. The largest absolute Gasteiger partial charge is 0.403 e. The maximum atomic E-state index is 13.1. The van der Waals surface area contributed by atoms with Crippen molar-refractivity contribution < 1.29 is 14.0 Å². The molecule has 7 aromatic rings. The van der Waals surface area contributed by atoms with E-state index in [0.717, 1.165) is 38.2 Å². The molecule has 52 heavy (non-hydrogen) atoms. The maximum absolute atomic E-state index is 13.1. The van der Waals surface area contributed by atoms with E-state index in [1.54, 1.807) is 6.07 Å². The SMILES string of the molecule is Cc1cccc(NC(=O)c2cccc3ccccc23)c1C(=O)NCC1CCCCC1.Cc1cccc2nc(-c3cccc4ccccc34)oc(=O)c12. The predicted molar refractivity (Wildman–Crippen MR) is 210 cm³/mol. The number of benzene rings is 6. The number of nitrogens with zero attached hydrogens (tertiary/aromatic N) is 1. The zero-order chi connectivity index (χ0) is 36.0. The molecule has 7 heteroatoms. The number of aromatic nitrogens is 1. The number of fused-ring (bicyclic) bond motifs is 3. The van der Waals surface area contributed by atoms with Crippen LogP contribution in [0.15, 0.2) is 131 Å². The molecular weight excluding hydrogens is 647 g/mol. The molecule has 0 atom stereocenters. The van der Waals surface area contributed by atoms with Gasteiger partial charge in [-0.25, -0.2) is 9.78 Å². The Morgan fingerprint density at radius 1 is 0.692 bits per heavy atom. The van der Waals surface area contributed by atoms with Crippen LogP contribution < -0.4 is 16.3 Å². The lowest BCUT2D eigenvalue weighted by Gasteiger charge is -2.22. The van der Waals surface area contributed by atoms with E-state index in [4.69, 9.17) is 4.42 Å². The van der Waals surface area contributed by atoms with E-state index in [1.807, 2.05) is 129 Å². The summed E-state index contributed by atoms with van der Waals surface area (Å²) >= 11 is 0. The first-order valence-corrected chi connectivity index (χ1v) is 17.9. The molecule has 0 saturated heterocycles. The maximum Gasteiger partial charge on any atom is 0.347 e. The molecule has 1 heterocycles. The first-order chi connectivity index (χ1) is 25.4. The monoisotopic (exact) mass is 687 g/mol. The van der Waals surface area contributed by atoms with Crippen molar-refractivity contribution in [2.45, 2.75) is 46.0 Å². The summed E-state index contributed by atoms with van der Waals surface area (Å²) in [6.45, 7) is 4.49. The zero-order valence-corrected chi connectivity index (χ0v) is 29.4. The number of amides is 2. The highest BCUT2D eigenvalue weighted by Gasteiger charge is 2.20. The van der Waals surface area contributed by atoms with E-state index in [-0.39, 0.29) is 17.4 Å². The summed E-state index contributed by atoms with van der Waals surface area (Å²) in [5.41, 5.74) is 4.58. The third-order valence-corrected chi connectivity index (χ3v) is 9.94. The minimum absolute atomic E-state index is 0.119. The van der Waals surface area contributed by atoms with E-state index in [9.17, 15) is 14.4 Å². The molecule has 1 aromatic heterocycles. The fourth-order valence-electron chi connectivity index (χ4n) is 7.21. The second-order valence-electron chi connectivity index (χ2n) is 13.5. The number of hydrogen-bond donors (Lipinski definition) is 2. The van der Waals surface area contributed by atoms with E-state index in [1.165, 1.54) is 32.1 Å². The number of carbonyl (C=O) groups is 2. The van der Waals surface area contributed by atoms with Crippen LogP contribution in [0.4, 0.5) is 5.69 Å². The number of carbonyl (C=O) groups excluding carboxylic acids is 2. The molecule has 1 saturated carbocycles. The van der Waals surface area contributed by atoms with Crippen molar-refractivity contribution in [3.8, 4) is 11.5 Å². The minimum Gasteiger partial charge on any atom is -0.403 e. The second-order valence-corrected chi connectivity index (χ2v) is 13.5. The lowest BCUT2D eigenvalue weighted by Crippen LogP contribution is -2.31. The van der Waals surface area contributed by atoms with Gasteiger partial charge in [-0.3, -0.25) is 9.59 Å². The number of nitrogens with one attached hydrogen (secondary N) is 2. The zero-order valence-electron chi connectivity index (χ0n) is 29.4. The molecule has 0 bridgehead atoms. The van der Waals surface area contributed by atoms with Gasteiger partial charge in [-0.05, 0) is 89.5 Å². The summed E-state index contributed by atoms with van der Waals surface area (Å²) in [7, 11) is 0. The van der Waals surface area contributed by atoms with E-state index in [0.29, 0.717) is 46.1 Å². The van der Waals surface area contributed by atoms with Gasteiger partial charge in [-0.2, -0.15) is 0 Å². The van der Waals surface area contributed by atoms with Crippen molar-refractivity contribution in [2.24, 2.45) is 5.92 Å². The van der Waals surface area contributed by atoms with Crippen LogP contribution in [0.25, 0.3) is 43.9 Å². The van der Waals surface area contributed by atoms with Gasteiger partial charge in [0.15, 0.2) is 0 Å². The Balaban J connectivity index is 0.000000169. The predicted octanol–water partition coefficient (Wildman–Crippen LogP) is 10.0. The van der Waals surface area contributed by atoms with Crippen molar-refractivity contribution >= 4 is 49.9 Å². The average Bonchev–Trinajstić information content (AvgIpc) is 3.17. The van der Waals surface area contributed by atoms with Crippen molar-refractivity contribution in [1.82, 2.24) is 10.3 Å². The smallest absolute Gasteiger partial charge is 0.347 e. The molecule has 0 aliphatic heterocycles. The molecule has 1 aliphatic rings. The number of aryl methyl sites for hydroxylation is 2. The first kappa shape index (κ1) is 34.4. The van der Waals surface area contributed by atoms with Gasteiger partial charge < -0.3 is 15.1 Å². The van der Waals surface area contributed by atoms with E-state index >= 15 is 0 Å². The molecule has 260 valence electrons. The fourth-order valence-corrected chi connectivity index (χ4v) is 7.21. The molecule has 1 aliphatic carbocycles. The summed E-state index contributed by atoms with van der Waals surface area (Å²) in [5.74, 6) is 0.589.